The van der Waals surface area contributed by atoms with E-state index in [-0.39, 0.29) is 12.1 Å². The minimum atomic E-state index is -0.165. The Morgan fingerprint density at radius 3 is 2.84 bits per heavy atom. The highest BCUT2D eigenvalue weighted by Crippen LogP contribution is 2.15. The molecule has 3 heterocycles. The molecule has 3 N–H and O–H groups in total. The molecule has 0 unspecified atom stereocenters. The molecule has 0 saturated carbocycles. The zero-order chi connectivity index (χ0) is 17.3. The van der Waals surface area contributed by atoms with Gasteiger partial charge in [0, 0.05) is 57.0 Å². The number of aromatic nitrogens is 4. The summed E-state index contributed by atoms with van der Waals surface area (Å²) in [6.45, 7) is 2.71. The van der Waals surface area contributed by atoms with Crippen molar-refractivity contribution in [2.75, 3.05) is 36.4 Å². The van der Waals surface area contributed by atoms with Gasteiger partial charge in [0.15, 0.2) is 0 Å². The van der Waals surface area contributed by atoms with Crippen LogP contribution in [0.3, 0.4) is 0 Å². The SMILES string of the molecule is O=C(NCCNc1cnccn1)N[C@@H]1CCCN(c2ncccn2)C1. The van der Waals surface area contributed by atoms with Gasteiger partial charge in [0.05, 0.1) is 6.20 Å². The van der Waals surface area contributed by atoms with Gasteiger partial charge >= 0.3 is 6.03 Å². The fourth-order valence-electron chi connectivity index (χ4n) is 2.72. The smallest absolute Gasteiger partial charge is 0.315 e. The number of piperidine rings is 1. The van der Waals surface area contributed by atoms with E-state index in [0.29, 0.717) is 24.9 Å². The lowest BCUT2D eigenvalue weighted by Gasteiger charge is -2.33. The third kappa shape index (κ3) is 5.27. The van der Waals surface area contributed by atoms with Gasteiger partial charge in [-0.3, -0.25) is 4.98 Å². The molecule has 1 atom stereocenters. The van der Waals surface area contributed by atoms with Crippen LogP contribution in [0.4, 0.5) is 16.6 Å². The first-order chi connectivity index (χ1) is 12.3. The summed E-state index contributed by atoms with van der Waals surface area (Å²) < 4.78 is 0. The molecule has 132 valence electrons. The molecule has 2 aromatic heterocycles. The predicted molar refractivity (Wildman–Crippen MR) is 94.3 cm³/mol. The summed E-state index contributed by atoms with van der Waals surface area (Å²) in [4.78, 5) is 30.8. The fraction of sp³-hybridized carbons (Fsp3) is 0.438. The minimum absolute atomic E-state index is 0.0884. The number of amides is 2. The second kappa shape index (κ2) is 8.76. The van der Waals surface area contributed by atoms with Gasteiger partial charge in [-0.05, 0) is 18.9 Å². The van der Waals surface area contributed by atoms with E-state index in [4.69, 9.17) is 0 Å². The lowest BCUT2D eigenvalue weighted by Crippen LogP contribution is -2.51. The summed E-state index contributed by atoms with van der Waals surface area (Å²) >= 11 is 0. The Morgan fingerprint density at radius 1 is 1.16 bits per heavy atom. The molecule has 0 aliphatic carbocycles. The molecule has 2 aromatic rings. The Kier molecular flexibility index (Phi) is 5.91. The third-order valence-corrected chi connectivity index (χ3v) is 3.87. The first-order valence-corrected chi connectivity index (χ1v) is 8.37. The van der Waals surface area contributed by atoms with Crippen LogP contribution in [0.2, 0.25) is 0 Å². The van der Waals surface area contributed by atoms with Crippen molar-refractivity contribution in [3.8, 4) is 0 Å². The molecular formula is C16H22N8O. The van der Waals surface area contributed by atoms with Gasteiger partial charge in [-0.2, -0.15) is 0 Å². The monoisotopic (exact) mass is 342 g/mol. The minimum Gasteiger partial charge on any atom is -0.367 e. The molecule has 0 aromatic carbocycles. The largest absolute Gasteiger partial charge is 0.367 e. The molecule has 2 amide bonds. The summed E-state index contributed by atoms with van der Waals surface area (Å²) in [6.07, 6.45) is 10.3. The molecular weight excluding hydrogens is 320 g/mol. The number of hydrogen-bond donors (Lipinski definition) is 3. The Hall–Kier alpha value is -2.97. The Balaban J connectivity index is 1.37. The molecule has 0 bridgehead atoms. The molecule has 1 aliphatic heterocycles. The lowest BCUT2D eigenvalue weighted by molar-refractivity contribution is 0.235. The number of carbonyl (C=O) groups is 1. The van der Waals surface area contributed by atoms with E-state index in [0.717, 1.165) is 25.9 Å². The molecule has 1 fully saturated rings. The summed E-state index contributed by atoms with van der Waals surface area (Å²) in [5.74, 6) is 1.40. The highest BCUT2D eigenvalue weighted by Gasteiger charge is 2.22. The maximum Gasteiger partial charge on any atom is 0.315 e. The summed E-state index contributed by atoms with van der Waals surface area (Å²) in [5, 5.41) is 8.95. The number of carbonyl (C=O) groups excluding carboxylic acids is 1. The number of nitrogens with one attached hydrogen (secondary N) is 3. The Labute approximate surface area is 146 Å². The van der Waals surface area contributed by atoms with E-state index in [1.165, 1.54) is 0 Å². The van der Waals surface area contributed by atoms with Crippen LogP contribution in [0, 0.1) is 0 Å². The van der Waals surface area contributed by atoms with Crippen LogP contribution in [0.1, 0.15) is 12.8 Å². The van der Waals surface area contributed by atoms with Crippen LogP contribution in [-0.2, 0) is 0 Å². The normalized spacial score (nSPS) is 17.0. The van der Waals surface area contributed by atoms with E-state index in [1.807, 2.05) is 0 Å². The number of nitrogens with zero attached hydrogens (tertiary/aromatic N) is 5. The van der Waals surface area contributed by atoms with E-state index in [9.17, 15) is 4.79 Å². The first-order valence-electron chi connectivity index (χ1n) is 8.37. The standard InChI is InChI=1S/C16H22N8O/c25-16(22-9-8-19-14-11-17-6-7-18-14)23-13-3-1-10-24(12-13)15-20-4-2-5-21-15/h2,4-7,11,13H,1,3,8-10,12H2,(H,18,19)(H2,22,23,25)/t13-/m1/s1. The van der Waals surface area contributed by atoms with Gasteiger partial charge in [-0.25, -0.2) is 19.7 Å². The molecule has 0 radical (unpaired) electrons. The molecule has 9 heteroatoms. The number of rotatable bonds is 6. The van der Waals surface area contributed by atoms with Crippen LogP contribution in [0.25, 0.3) is 0 Å². The van der Waals surface area contributed by atoms with Crippen LogP contribution >= 0.6 is 0 Å². The highest BCUT2D eigenvalue weighted by molar-refractivity contribution is 5.74. The third-order valence-electron chi connectivity index (χ3n) is 3.87. The number of anilines is 2. The summed E-state index contributed by atoms with van der Waals surface area (Å²) in [6, 6.07) is 1.72. The van der Waals surface area contributed by atoms with Crippen molar-refractivity contribution >= 4 is 17.8 Å². The van der Waals surface area contributed by atoms with E-state index >= 15 is 0 Å². The maximum absolute atomic E-state index is 12.0. The topological polar surface area (TPSA) is 108 Å². The van der Waals surface area contributed by atoms with Gasteiger partial charge in [0.1, 0.15) is 5.82 Å². The van der Waals surface area contributed by atoms with Gasteiger partial charge in [0.25, 0.3) is 0 Å². The average Bonchev–Trinajstić information content (AvgIpc) is 2.67. The van der Waals surface area contributed by atoms with Crippen molar-refractivity contribution in [2.24, 2.45) is 0 Å². The number of hydrogen-bond acceptors (Lipinski definition) is 7. The molecule has 9 nitrogen and oxygen atoms in total. The van der Waals surface area contributed by atoms with Crippen molar-refractivity contribution < 1.29 is 4.79 Å². The quantitative estimate of drug-likeness (QED) is 0.661. The van der Waals surface area contributed by atoms with Crippen LogP contribution in [0.5, 0.6) is 0 Å². The van der Waals surface area contributed by atoms with Gasteiger partial charge in [-0.1, -0.05) is 0 Å². The molecule has 1 saturated heterocycles. The van der Waals surface area contributed by atoms with Gasteiger partial charge < -0.3 is 20.9 Å². The second-order valence-corrected chi connectivity index (χ2v) is 5.75. The highest BCUT2D eigenvalue weighted by atomic mass is 16.2. The summed E-state index contributed by atoms with van der Waals surface area (Å²) in [7, 11) is 0. The Morgan fingerprint density at radius 2 is 2.04 bits per heavy atom. The molecule has 1 aliphatic rings. The van der Waals surface area contributed by atoms with Crippen LogP contribution < -0.4 is 20.9 Å². The second-order valence-electron chi connectivity index (χ2n) is 5.75. The molecule has 3 rings (SSSR count). The molecule has 25 heavy (non-hydrogen) atoms. The predicted octanol–water partition coefficient (Wildman–Crippen LogP) is 0.647. The first kappa shape index (κ1) is 16.9. The van der Waals surface area contributed by atoms with Crippen molar-refractivity contribution in [2.45, 2.75) is 18.9 Å². The molecule has 0 spiro atoms. The zero-order valence-electron chi connectivity index (χ0n) is 13.9. The maximum atomic E-state index is 12.0. The van der Waals surface area contributed by atoms with E-state index in [1.54, 1.807) is 37.1 Å². The van der Waals surface area contributed by atoms with Crippen molar-refractivity contribution in [1.82, 2.24) is 30.6 Å². The lowest BCUT2D eigenvalue weighted by atomic mass is 10.1. The zero-order valence-corrected chi connectivity index (χ0v) is 13.9. The van der Waals surface area contributed by atoms with Crippen LogP contribution in [0.15, 0.2) is 37.1 Å². The van der Waals surface area contributed by atoms with E-state index < -0.39 is 0 Å². The van der Waals surface area contributed by atoms with Crippen molar-refractivity contribution in [3.63, 3.8) is 0 Å². The van der Waals surface area contributed by atoms with Crippen molar-refractivity contribution in [3.05, 3.63) is 37.1 Å². The summed E-state index contributed by atoms with van der Waals surface area (Å²) in [5.41, 5.74) is 0. The van der Waals surface area contributed by atoms with Crippen molar-refractivity contribution in [1.29, 1.82) is 0 Å². The Bertz CT molecular complexity index is 654. The number of urea groups is 1. The van der Waals surface area contributed by atoms with Gasteiger partial charge in [0.2, 0.25) is 5.95 Å². The van der Waals surface area contributed by atoms with E-state index in [2.05, 4.69) is 40.8 Å². The van der Waals surface area contributed by atoms with Gasteiger partial charge in [-0.15, -0.1) is 0 Å². The average molecular weight is 342 g/mol. The van der Waals surface area contributed by atoms with Crippen LogP contribution in [-0.4, -0.2) is 58.2 Å². The fourth-order valence-corrected chi connectivity index (χ4v) is 2.72.